The van der Waals surface area contributed by atoms with Crippen LogP contribution in [0.4, 0.5) is 30.4 Å². The predicted octanol–water partition coefficient (Wildman–Crippen LogP) is 3.37. The molecule has 0 fully saturated rings. The van der Waals surface area contributed by atoms with E-state index in [0.717, 1.165) is 12.1 Å². The van der Waals surface area contributed by atoms with Gasteiger partial charge in [0, 0.05) is 11.1 Å². The van der Waals surface area contributed by atoms with Crippen molar-refractivity contribution < 1.29 is 13.2 Å². The highest BCUT2D eigenvalue weighted by Gasteiger charge is 2.14. The maximum atomic E-state index is 13.7. The van der Waals surface area contributed by atoms with Crippen molar-refractivity contribution in [3.63, 3.8) is 0 Å². The molecule has 2 aromatic carbocycles. The first-order valence-corrected chi connectivity index (χ1v) is 5.97. The molecule has 0 aliphatic rings. The van der Waals surface area contributed by atoms with Crippen LogP contribution in [0.5, 0.6) is 0 Å². The summed E-state index contributed by atoms with van der Waals surface area (Å²) < 4.78 is 39.8. The molecule has 3 N–H and O–H groups in total. The van der Waals surface area contributed by atoms with Gasteiger partial charge in [-0.15, -0.1) is 0 Å². The Kier molecular flexibility index (Phi) is 3.09. The van der Waals surface area contributed by atoms with E-state index < -0.39 is 17.5 Å². The molecule has 0 amide bonds. The van der Waals surface area contributed by atoms with Crippen molar-refractivity contribution in [2.75, 3.05) is 11.1 Å². The number of nitrogens with one attached hydrogen (secondary N) is 1. The van der Waals surface area contributed by atoms with Gasteiger partial charge in [0.05, 0.1) is 11.2 Å². The SMILES string of the molecule is Nc1ccc2c(Nc3ccc(F)c(F)c3F)ncnc2c1. The molecule has 0 radical (unpaired) electrons. The molecule has 7 heteroatoms. The van der Waals surface area contributed by atoms with Gasteiger partial charge in [-0.05, 0) is 30.3 Å². The van der Waals surface area contributed by atoms with Gasteiger partial charge < -0.3 is 11.1 Å². The van der Waals surface area contributed by atoms with E-state index >= 15 is 0 Å². The average Bonchev–Trinajstić information content (AvgIpc) is 2.48. The first kappa shape index (κ1) is 13.2. The predicted molar refractivity (Wildman–Crippen MR) is 73.5 cm³/mol. The fourth-order valence-corrected chi connectivity index (χ4v) is 1.92. The monoisotopic (exact) mass is 290 g/mol. The van der Waals surface area contributed by atoms with Gasteiger partial charge in [-0.1, -0.05) is 0 Å². The van der Waals surface area contributed by atoms with Crippen molar-refractivity contribution >= 4 is 28.1 Å². The highest BCUT2D eigenvalue weighted by molar-refractivity contribution is 5.92. The highest BCUT2D eigenvalue weighted by atomic mass is 19.2. The lowest BCUT2D eigenvalue weighted by atomic mass is 10.2. The number of nitrogen functional groups attached to an aromatic ring is 1. The minimum atomic E-state index is -1.54. The van der Waals surface area contributed by atoms with E-state index in [1.165, 1.54) is 6.33 Å². The molecule has 1 aromatic heterocycles. The van der Waals surface area contributed by atoms with Crippen LogP contribution in [-0.4, -0.2) is 9.97 Å². The third kappa shape index (κ3) is 2.33. The second-order valence-electron chi connectivity index (χ2n) is 4.35. The molecule has 0 aliphatic carbocycles. The molecule has 0 spiro atoms. The number of nitrogens with zero attached hydrogens (tertiary/aromatic N) is 2. The van der Waals surface area contributed by atoms with Gasteiger partial charge in [0.1, 0.15) is 12.1 Å². The normalized spacial score (nSPS) is 10.8. The molecular formula is C14H9F3N4. The van der Waals surface area contributed by atoms with Gasteiger partial charge in [-0.3, -0.25) is 0 Å². The number of aromatic nitrogens is 2. The fraction of sp³-hybridized carbons (Fsp3) is 0. The number of nitrogens with two attached hydrogens (primary N) is 1. The Bertz CT molecular complexity index is 836. The summed E-state index contributed by atoms with van der Waals surface area (Å²) in [7, 11) is 0. The lowest BCUT2D eigenvalue weighted by Crippen LogP contribution is -2.01. The van der Waals surface area contributed by atoms with Crippen molar-refractivity contribution in [3.8, 4) is 0 Å². The van der Waals surface area contributed by atoms with Crippen molar-refractivity contribution in [1.29, 1.82) is 0 Å². The summed E-state index contributed by atoms with van der Waals surface area (Å²) >= 11 is 0. The van der Waals surface area contributed by atoms with E-state index in [4.69, 9.17) is 5.73 Å². The molecule has 106 valence electrons. The summed E-state index contributed by atoms with van der Waals surface area (Å²) in [5.74, 6) is -3.83. The molecule has 0 saturated heterocycles. The molecule has 21 heavy (non-hydrogen) atoms. The Hall–Kier alpha value is -2.83. The Morgan fingerprint density at radius 2 is 1.76 bits per heavy atom. The summed E-state index contributed by atoms with van der Waals surface area (Å²) in [6, 6.07) is 6.86. The third-order valence-electron chi connectivity index (χ3n) is 2.95. The number of anilines is 3. The molecule has 0 aliphatic heterocycles. The van der Waals surface area contributed by atoms with Crippen LogP contribution in [0.2, 0.25) is 0 Å². The topological polar surface area (TPSA) is 63.8 Å². The van der Waals surface area contributed by atoms with E-state index in [9.17, 15) is 13.2 Å². The third-order valence-corrected chi connectivity index (χ3v) is 2.95. The summed E-state index contributed by atoms with van der Waals surface area (Å²) in [4.78, 5) is 8.02. The van der Waals surface area contributed by atoms with Crippen LogP contribution in [0.15, 0.2) is 36.7 Å². The maximum Gasteiger partial charge on any atom is 0.196 e. The second-order valence-corrected chi connectivity index (χ2v) is 4.35. The van der Waals surface area contributed by atoms with E-state index in [0.29, 0.717) is 16.6 Å². The molecule has 1 heterocycles. The fourth-order valence-electron chi connectivity index (χ4n) is 1.92. The quantitative estimate of drug-likeness (QED) is 0.561. The van der Waals surface area contributed by atoms with Crippen molar-refractivity contribution in [3.05, 3.63) is 54.1 Å². The van der Waals surface area contributed by atoms with Gasteiger partial charge >= 0.3 is 0 Å². The van der Waals surface area contributed by atoms with Gasteiger partial charge in [0.2, 0.25) is 0 Å². The molecule has 0 unspecified atom stereocenters. The molecular weight excluding hydrogens is 281 g/mol. The van der Waals surface area contributed by atoms with Gasteiger partial charge in [-0.2, -0.15) is 0 Å². The van der Waals surface area contributed by atoms with E-state index in [1.807, 2.05) is 0 Å². The molecule has 4 nitrogen and oxygen atoms in total. The van der Waals surface area contributed by atoms with Crippen molar-refractivity contribution in [2.45, 2.75) is 0 Å². The Balaban J connectivity index is 2.08. The molecule has 3 aromatic rings. The molecule has 0 bridgehead atoms. The lowest BCUT2D eigenvalue weighted by molar-refractivity contribution is 0.449. The van der Waals surface area contributed by atoms with Crippen LogP contribution < -0.4 is 11.1 Å². The molecule has 3 rings (SSSR count). The van der Waals surface area contributed by atoms with Gasteiger partial charge in [0.25, 0.3) is 0 Å². The van der Waals surface area contributed by atoms with E-state index in [1.54, 1.807) is 18.2 Å². The summed E-state index contributed by atoms with van der Waals surface area (Å²) in [6.07, 6.45) is 1.27. The highest BCUT2D eigenvalue weighted by Crippen LogP contribution is 2.27. The number of fused-ring (bicyclic) bond motifs is 1. The Labute approximate surface area is 117 Å². The smallest absolute Gasteiger partial charge is 0.196 e. The number of hydrogen-bond acceptors (Lipinski definition) is 4. The largest absolute Gasteiger partial charge is 0.399 e. The van der Waals surface area contributed by atoms with Crippen LogP contribution in [0, 0.1) is 17.5 Å². The minimum absolute atomic E-state index is 0.217. The van der Waals surface area contributed by atoms with E-state index in [-0.39, 0.29) is 11.5 Å². The zero-order chi connectivity index (χ0) is 15.0. The zero-order valence-corrected chi connectivity index (χ0v) is 10.6. The van der Waals surface area contributed by atoms with Crippen molar-refractivity contribution in [1.82, 2.24) is 9.97 Å². The van der Waals surface area contributed by atoms with Crippen LogP contribution >= 0.6 is 0 Å². The van der Waals surface area contributed by atoms with Gasteiger partial charge in [-0.25, -0.2) is 23.1 Å². The van der Waals surface area contributed by atoms with Gasteiger partial charge in [0.15, 0.2) is 17.5 Å². The second kappa shape index (κ2) is 4.93. The summed E-state index contributed by atoms with van der Waals surface area (Å²) in [5.41, 5.74) is 6.51. The van der Waals surface area contributed by atoms with E-state index in [2.05, 4.69) is 15.3 Å². The molecule has 0 atom stereocenters. The Morgan fingerprint density at radius 3 is 2.57 bits per heavy atom. The van der Waals surface area contributed by atoms with Crippen LogP contribution in [0.1, 0.15) is 0 Å². The number of hydrogen-bond donors (Lipinski definition) is 2. The van der Waals surface area contributed by atoms with Crippen molar-refractivity contribution in [2.24, 2.45) is 0 Å². The summed E-state index contributed by atoms with van der Waals surface area (Å²) in [5, 5.41) is 3.21. The van der Waals surface area contributed by atoms with Crippen LogP contribution in [0.3, 0.4) is 0 Å². The summed E-state index contributed by atoms with van der Waals surface area (Å²) in [6.45, 7) is 0. The molecule has 0 saturated carbocycles. The standard InChI is InChI=1S/C14H9F3N4/c15-9-3-4-10(13(17)12(9)16)21-14-8-2-1-7(18)5-11(8)19-6-20-14/h1-6H,18H2,(H,19,20,21). The zero-order valence-electron chi connectivity index (χ0n) is 10.6. The Morgan fingerprint density at radius 1 is 0.952 bits per heavy atom. The van der Waals surface area contributed by atoms with Crippen LogP contribution in [-0.2, 0) is 0 Å². The first-order chi connectivity index (χ1) is 10.1. The number of benzene rings is 2. The minimum Gasteiger partial charge on any atom is -0.399 e. The first-order valence-electron chi connectivity index (χ1n) is 5.97. The number of halogens is 3. The maximum absolute atomic E-state index is 13.7. The number of rotatable bonds is 2. The van der Waals surface area contributed by atoms with Crippen LogP contribution in [0.25, 0.3) is 10.9 Å². The average molecular weight is 290 g/mol. The lowest BCUT2D eigenvalue weighted by Gasteiger charge is -2.10.